The van der Waals surface area contributed by atoms with Crippen LogP contribution in [0.25, 0.3) is 10.8 Å². The Morgan fingerprint density at radius 2 is 2.04 bits per heavy atom. The van der Waals surface area contributed by atoms with Crippen molar-refractivity contribution in [1.29, 1.82) is 0 Å². The van der Waals surface area contributed by atoms with E-state index < -0.39 is 16.3 Å². The summed E-state index contributed by atoms with van der Waals surface area (Å²) in [6, 6.07) is 14.2. The highest BCUT2D eigenvalue weighted by Crippen LogP contribution is 2.48. The fourth-order valence-electron chi connectivity index (χ4n) is 2.72. The number of benzene rings is 2. The average molecular weight is 329 g/mol. The molecule has 0 aliphatic carbocycles. The lowest BCUT2D eigenvalue weighted by molar-refractivity contribution is -0.136. The molecule has 1 aliphatic rings. The molecule has 0 amide bonds. The second kappa shape index (κ2) is 6.56. The molecule has 5 heteroatoms. The van der Waals surface area contributed by atoms with Gasteiger partial charge >= 0.3 is 5.97 Å². The SMILES string of the molecule is COC(=O)C(C)=CC1=NCC(O)[SH]1c1cccc2ccccc12. The predicted octanol–water partition coefficient (Wildman–Crippen LogP) is 3.05. The summed E-state index contributed by atoms with van der Waals surface area (Å²) in [5, 5.41) is 13.5. The van der Waals surface area contributed by atoms with E-state index in [2.05, 4.69) is 23.2 Å². The number of hydrogen-bond acceptors (Lipinski definition) is 4. The number of fused-ring (bicyclic) bond motifs is 1. The first kappa shape index (κ1) is 15.8. The molecular formula is C18H19NO3S. The third kappa shape index (κ3) is 3.02. The van der Waals surface area contributed by atoms with Gasteiger partial charge in [-0.15, -0.1) is 0 Å². The Hall–Kier alpha value is -2.11. The highest BCUT2D eigenvalue weighted by atomic mass is 32.2. The quantitative estimate of drug-likeness (QED) is 0.517. The number of ether oxygens (including phenoxy) is 1. The van der Waals surface area contributed by atoms with Gasteiger partial charge in [0.05, 0.1) is 18.7 Å². The third-order valence-electron chi connectivity index (χ3n) is 3.84. The van der Waals surface area contributed by atoms with Crippen LogP contribution in [0.15, 0.2) is 64.0 Å². The van der Waals surface area contributed by atoms with E-state index in [4.69, 9.17) is 4.74 Å². The number of carbonyl (C=O) groups excluding carboxylic acids is 1. The Bertz CT molecular complexity index is 808. The highest BCUT2D eigenvalue weighted by Gasteiger charge is 2.28. The topological polar surface area (TPSA) is 58.9 Å². The molecule has 0 aromatic heterocycles. The molecule has 0 fully saturated rings. The zero-order chi connectivity index (χ0) is 16.4. The molecular weight excluding hydrogens is 310 g/mol. The lowest BCUT2D eigenvalue weighted by Gasteiger charge is -2.22. The van der Waals surface area contributed by atoms with Gasteiger partial charge < -0.3 is 9.84 Å². The Morgan fingerprint density at radius 1 is 1.30 bits per heavy atom. The van der Waals surface area contributed by atoms with Crippen LogP contribution >= 0.6 is 10.9 Å². The first-order valence-electron chi connectivity index (χ1n) is 7.38. The fraction of sp³-hybridized carbons (Fsp3) is 0.222. The number of aliphatic hydroxyl groups is 1. The van der Waals surface area contributed by atoms with Crippen LogP contribution in [-0.2, 0) is 9.53 Å². The van der Waals surface area contributed by atoms with E-state index in [1.807, 2.05) is 24.3 Å². The number of thiol groups is 1. The predicted molar refractivity (Wildman–Crippen MR) is 95.3 cm³/mol. The van der Waals surface area contributed by atoms with Gasteiger partial charge in [-0.25, -0.2) is 4.79 Å². The van der Waals surface area contributed by atoms with Gasteiger partial charge in [0.1, 0.15) is 5.44 Å². The molecule has 1 N–H and O–H groups in total. The van der Waals surface area contributed by atoms with Crippen molar-refractivity contribution in [3.8, 4) is 0 Å². The summed E-state index contributed by atoms with van der Waals surface area (Å²) in [7, 11) is 0.354. The lowest BCUT2D eigenvalue weighted by atomic mass is 10.1. The Balaban J connectivity index is 2.06. The normalized spacial score (nSPS) is 22.9. The Labute approximate surface area is 137 Å². The first-order chi connectivity index (χ1) is 11.1. The molecule has 23 heavy (non-hydrogen) atoms. The van der Waals surface area contributed by atoms with Crippen LogP contribution < -0.4 is 0 Å². The van der Waals surface area contributed by atoms with Crippen LogP contribution in [0.3, 0.4) is 0 Å². The zero-order valence-electron chi connectivity index (χ0n) is 13.1. The number of methoxy groups -OCH3 is 1. The maximum atomic E-state index is 11.6. The van der Waals surface area contributed by atoms with Crippen molar-refractivity contribution in [1.82, 2.24) is 0 Å². The number of aliphatic imine (C=N–C) groups is 1. The zero-order valence-corrected chi connectivity index (χ0v) is 14.0. The van der Waals surface area contributed by atoms with Gasteiger partial charge in [-0.3, -0.25) is 4.99 Å². The van der Waals surface area contributed by atoms with E-state index in [0.29, 0.717) is 12.1 Å². The molecule has 0 saturated carbocycles. The second-order valence-electron chi connectivity index (χ2n) is 5.37. The van der Waals surface area contributed by atoms with Gasteiger partial charge in [0.2, 0.25) is 0 Å². The van der Waals surface area contributed by atoms with E-state index in [9.17, 15) is 9.90 Å². The molecule has 2 aromatic carbocycles. The van der Waals surface area contributed by atoms with Crippen LogP contribution in [-0.4, -0.2) is 35.2 Å². The first-order valence-corrected chi connectivity index (χ1v) is 8.79. The van der Waals surface area contributed by atoms with Crippen molar-refractivity contribution in [3.05, 3.63) is 54.1 Å². The minimum atomic E-state index is -1.01. The maximum absolute atomic E-state index is 11.6. The van der Waals surface area contributed by atoms with Crippen LogP contribution in [0.4, 0.5) is 0 Å². The summed E-state index contributed by atoms with van der Waals surface area (Å²) >= 11 is 0. The van der Waals surface area contributed by atoms with E-state index in [0.717, 1.165) is 20.7 Å². The highest BCUT2D eigenvalue weighted by molar-refractivity contribution is 8.31. The number of rotatable bonds is 3. The summed E-state index contributed by atoms with van der Waals surface area (Å²) in [6.45, 7) is 2.07. The average Bonchev–Trinajstić information content (AvgIpc) is 2.93. The van der Waals surface area contributed by atoms with Crippen LogP contribution in [0.5, 0.6) is 0 Å². The van der Waals surface area contributed by atoms with E-state index in [1.165, 1.54) is 7.11 Å². The largest absolute Gasteiger partial charge is 0.466 e. The molecule has 1 aliphatic heterocycles. The van der Waals surface area contributed by atoms with Crippen LogP contribution in [0, 0.1) is 0 Å². The number of carbonyl (C=O) groups is 1. The molecule has 2 unspecified atom stereocenters. The van der Waals surface area contributed by atoms with Crippen molar-refractivity contribution in [2.75, 3.05) is 13.7 Å². The van der Waals surface area contributed by atoms with Gasteiger partial charge in [0.25, 0.3) is 0 Å². The third-order valence-corrected chi connectivity index (χ3v) is 6.27. The molecule has 4 nitrogen and oxygen atoms in total. The monoisotopic (exact) mass is 329 g/mol. The van der Waals surface area contributed by atoms with Crippen molar-refractivity contribution in [2.24, 2.45) is 4.99 Å². The van der Waals surface area contributed by atoms with Gasteiger partial charge in [-0.2, -0.15) is 10.9 Å². The summed E-state index contributed by atoms with van der Waals surface area (Å²) in [5.74, 6) is -0.373. The van der Waals surface area contributed by atoms with Gasteiger partial charge in [-0.1, -0.05) is 36.4 Å². The molecule has 0 bridgehead atoms. The van der Waals surface area contributed by atoms with Gasteiger partial charge in [0.15, 0.2) is 0 Å². The summed E-state index contributed by atoms with van der Waals surface area (Å²) in [5.41, 5.74) is -0.0272. The van der Waals surface area contributed by atoms with Crippen molar-refractivity contribution in [3.63, 3.8) is 0 Å². The van der Waals surface area contributed by atoms with E-state index in [1.54, 1.807) is 13.0 Å². The fourth-order valence-corrected chi connectivity index (χ4v) is 5.11. The van der Waals surface area contributed by atoms with E-state index in [-0.39, 0.29) is 5.97 Å². The van der Waals surface area contributed by atoms with Crippen LogP contribution in [0.2, 0.25) is 0 Å². The summed E-state index contributed by atoms with van der Waals surface area (Å²) in [4.78, 5) is 17.2. The number of hydrogen-bond donors (Lipinski definition) is 2. The molecule has 3 rings (SSSR count). The second-order valence-corrected chi connectivity index (χ2v) is 7.64. The molecule has 120 valence electrons. The Kier molecular flexibility index (Phi) is 4.50. The molecule has 0 saturated heterocycles. The van der Waals surface area contributed by atoms with Crippen molar-refractivity contribution in [2.45, 2.75) is 17.3 Å². The smallest absolute Gasteiger partial charge is 0.333 e. The number of aliphatic hydroxyl groups excluding tert-OH is 1. The molecule has 2 atom stereocenters. The van der Waals surface area contributed by atoms with Gasteiger partial charge in [0, 0.05) is 10.5 Å². The molecule has 0 radical (unpaired) electrons. The minimum Gasteiger partial charge on any atom is -0.466 e. The van der Waals surface area contributed by atoms with E-state index >= 15 is 0 Å². The van der Waals surface area contributed by atoms with Crippen molar-refractivity contribution >= 4 is 32.7 Å². The molecule has 1 heterocycles. The maximum Gasteiger partial charge on any atom is 0.333 e. The summed E-state index contributed by atoms with van der Waals surface area (Å²) < 4.78 is 4.74. The van der Waals surface area contributed by atoms with Gasteiger partial charge in [-0.05, 0) is 29.8 Å². The molecule has 0 spiro atoms. The standard InChI is InChI=1S/C18H19NO3S/c1-12(18(21)22-2)10-16-19-11-17(20)23(16)15-9-5-7-13-6-3-4-8-14(13)15/h3-10,17,20,23H,11H2,1-2H3. The lowest BCUT2D eigenvalue weighted by Crippen LogP contribution is -2.10. The summed E-state index contributed by atoms with van der Waals surface area (Å²) in [6.07, 6.45) is 1.75. The Morgan fingerprint density at radius 3 is 2.83 bits per heavy atom. The number of esters is 1. The number of nitrogens with zero attached hydrogens (tertiary/aromatic N) is 1. The molecule has 2 aromatic rings. The van der Waals surface area contributed by atoms with Crippen molar-refractivity contribution < 1.29 is 14.6 Å². The minimum absolute atomic E-state index is 0.370. The van der Waals surface area contributed by atoms with Crippen LogP contribution in [0.1, 0.15) is 6.92 Å².